The molecule has 1 amide bonds. The van der Waals surface area contributed by atoms with Crippen molar-refractivity contribution in [1.82, 2.24) is 19.9 Å². The van der Waals surface area contributed by atoms with Crippen molar-refractivity contribution in [1.29, 1.82) is 0 Å². The number of aromatic nitrogens is 2. The predicted octanol–water partition coefficient (Wildman–Crippen LogP) is 2.41. The highest BCUT2D eigenvalue weighted by atomic mass is 16.5. The van der Waals surface area contributed by atoms with Gasteiger partial charge >= 0.3 is 0 Å². The van der Waals surface area contributed by atoms with Crippen molar-refractivity contribution in [2.75, 3.05) is 33.9 Å². The number of benzene rings is 1. The third-order valence-electron chi connectivity index (χ3n) is 6.03. The van der Waals surface area contributed by atoms with E-state index >= 15 is 0 Å². The van der Waals surface area contributed by atoms with Crippen LogP contribution in [-0.4, -0.2) is 59.7 Å². The molecule has 2 fully saturated rings. The molecule has 4 rings (SSSR count). The second-order valence-corrected chi connectivity index (χ2v) is 7.96. The van der Waals surface area contributed by atoms with E-state index in [2.05, 4.69) is 15.0 Å². The molecule has 0 aliphatic carbocycles. The lowest BCUT2D eigenvalue weighted by molar-refractivity contribution is -0.146. The molecule has 2 aliphatic rings. The van der Waals surface area contributed by atoms with Crippen molar-refractivity contribution in [2.45, 2.75) is 39.3 Å². The number of aryl methyl sites for hydroxylation is 1. The summed E-state index contributed by atoms with van der Waals surface area (Å²) < 4.78 is 16.2. The number of piperidine rings is 1. The minimum absolute atomic E-state index is 0.234. The zero-order valence-corrected chi connectivity index (χ0v) is 17.3. The first-order valence-electron chi connectivity index (χ1n) is 10.1. The topological polar surface area (TPSA) is 80.9 Å². The Morgan fingerprint density at radius 2 is 2.03 bits per heavy atom. The number of methoxy groups -OCH3 is 2. The molecule has 1 spiro atoms. The van der Waals surface area contributed by atoms with Gasteiger partial charge in [0.2, 0.25) is 11.8 Å². The molecule has 2 aromatic rings. The number of ether oxygens (including phenoxy) is 2. The third-order valence-corrected chi connectivity index (χ3v) is 6.03. The number of likely N-dealkylation sites (tertiary alicyclic amines) is 2. The van der Waals surface area contributed by atoms with Crippen molar-refractivity contribution in [2.24, 2.45) is 5.41 Å². The lowest BCUT2D eigenvalue weighted by atomic mass is 9.78. The molecule has 0 radical (unpaired) electrons. The lowest BCUT2D eigenvalue weighted by Crippen LogP contribution is -2.49. The van der Waals surface area contributed by atoms with E-state index in [-0.39, 0.29) is 11.3 Å². The van der Waals surface area contributed by atoms with Crippen LogP contribution in [0.4, 0.5) is 0 Å². The SMILES string of the molecule is COc1cccc(CN2CCC[C@]3(CCN(Cc4nc(C)no4)C3)C2=O)c1OC. The summed E-state index contributed by atoms with van der Waals surface area (Å²) >= 11 is 0. The Bertz CT molecular complexity index is 883. The predicted molar refractivity (Wildman–Crippen MR) is 106 cm³/mol. The van der Waals surface area contributed by atoms with Crippen LogP contribution in [0.3, 0.4) is 0 Å². The van der Waals surface area contributed by atoms with Crippen LogP contribution in [0.2, 0.25) is 0 Å². The first-order valence-corrected chi connectivity index (χ1v) is 10.1. The summed E-state index contributed by atoms with van der Waals surface area (Å²) in [4.78, 5) is 22.0. The first-order chi connectivity index (χ1) is 14.0. The van der Waals surface area contributed by atoms with Crippen molar-refractivity contribution >= 4 is 5.91 Å². The van der Waals surface area contributed by atoms with Gasteiger partial charge in [0.1, 0.15) is 0 Å². The number of carbonyl (C=O) groups is 1. The maximum absolute atomic E-state index is 13.5. The van der Waals surface area contributed by atoms with Crippen LogP contribution >= 0.6 is 0 Å². The molecular weight excluding hydrogens is 372 g/mol. The van der Waals surface area contributed by atoms with Crippen LogP contribution < -0.4 is 9.47 Å². The van der Waals surface area contributed by atoms with Crippen LogP contribution in [0.5, 0.6) is 11.5 Å². The average Bonchev–Trinajstić information content (AvgIpc) is 3.32. The first kappa shape index (κ1) is 19.7. The Labute approximate surface area is 170 Å². The number of rotatable bonds is 6. The molecule has 1 aromatic heterocycles. The van der Waals surface area contributed by atoms with Crippen molar-refractivity contribution < 1.29 is 18.8 Å². The smallest absolute Gasteiger partial charge is 0.240 e. The Kier molecular flexibility index (Phi) is 5.45. The van der Waals surface area contributed by atoms with Crippen LogP contribution in [0.15, 0.2) is 22.7 Å². The average molecular weight is 400 g/mol. The van der Waals surface area contributed by atoms with Gasteiger partial charge in [0.15, 0.2) is 17.3 Å². The van der Waals surface area contributed by atoms with Gasteiger partial charge in [0.25, 0.3) is 0 Å². The van der Waals surface area contributed by atoms with Gasteiger partial charge in [-0.1, -0.05) is 17.3 Å². The molecule has 3 heterocycles. The van der Waals surface area contributed by atoms with E-state index in [9.17, 15) is 4.79 Å². The zero-order chi connectivity index (χ0) is 20.4. The van der Waals surface area contributed by atoms with Gasteiger partial charge in [-0.15, -0.1) is 0 Å². The largest absolute Gasteiger partial charge is 0.493 e. The van der Waals surface area contributed by atoms with Crippen molar-refractivity contribution in [3.05, 3.63) is 35.5 Å². The van der Waals surface area contributed by atoms with E-state index in [1.54, 1.807) is 14.2 Å². The molecular formula is C21H28N4O4. The number of hydrogen-bond donors (Lipinski definition) is 0. The number of nitrogens with zero attached hydrogens (tertiary/aromatic N) is 4. The van der Waals surface area contributed by atoms with Crippen LogP contribution in [0.1, 0.15) is 36.5 Å². The summed E-state index contributed by atoms with van der Waals surface area (Å²) in [5.41, 5.74) is 0.646. The van der Waals surface area contributed by atoms with E-state index < -0.39 is 0 Å². The van der Waals surface area contributed by atoms with E-state index in [4.69, 9.17) is 14.0 Å². The van der Waals surface area contributed by atoms with Gasteiger partial charge in [0, 0.05) is 25.2 Å². The molecule has 1 aromatic carbocycles. The van der Waals surface area contributed by atoms with Crippen molar-refractivity contribution in [3.63, 3.8) is 0 Å². The fourth-order valence-corrected chi connectivity index (χ4v) is 4.65. The van der Waals surface area contributed by atoms with Crippen molar-refractivity contribution in [3.8, 4) is 11.5 Å². The highest BCUT2D eigenvalue weighted by Gasteiger charge is 2.48. The second-order valence-electron chi connectivity index (χ2n) is 7.96. The van der Waals surface area contributed by atoms with Gasteiger partial charge in [0.05, 0.1) is 26.2 Å². The van der Waals surface area contributed by atoms with Gasteiger partial charge in [-0.25, -0.2) is 0 Å². The Balaban J connectivity index is 1.47. The Hall–Kier alpha value is -2.61. The fourth-order valence-electron chi connectivity index (χ4n) is 4.65. The summed E-state index contributed by atoms with van der Waals surface area (Å²) in [5, 5.41) is 3.86. The number of amides is 1. The summed E-state index contributed by atoms with van der Waals surface area (Å²) in [6, 6.07) is 5.80. The molecule has 8 nitrogen and oxygen atoms in total. The highest BCUT2D eigenvalue weighted by Crippen LogP contribution is 2.41. The van der Waals surface area contributed by atoms with Crippen LogP contribution in [0, 0.1) is 12.3 Å². The molecule has 156 valence electrons. The molecule has 8 heteroatoms. The molecule has 0 N–H and O–H groups in total. The van der Waals surface area contributed by atoms with Gasteiger partial charge in [-0.05, 0) is 38.8 Å². The monoisotopic (exact) mass is 400 g/mol. The summed E-state index contributed by atoms with van der Waals surface area (Å²) in [7, 11) is 3.26. The third kappa shape index (κ3) is 3.81. The quantitative estimate of drug-likeness (QED) is 0.736. The molecule has 1 atom stereocenters. The summed E-state index contributed by atoms with van der Waals surface area (Å²) in [6.45, 7) is 5.31. The lowest BCUT2D eigenvalue weighted by Gasteiger charge is -2.39. The van der Waals surface area contributed by atoms with E-state index in [1.807, 2.05) is 30.0 Å². The summed E-state index contributed by atoms with van der Waals surface area (Å²) in [6.07, 6.45) is 2.80. The molecule has 2 saturated heterocycles. The minimum Gasteiger partial charge on any atom is -0.493 e. The number of hydrogen-bond acceptors (Lipinski definition) is 7. The van der Waals surface area contributed by atoms with Crippen LogP contribution in [-0.2, 0) is 17.9 Å². The normalized spacial score (nSPS) is 22.4. The van der Waals surface area contributed by atoms with Gasteiger partial charge in [-0.2, -0.15) is 4.98 Å². The number of para-hydroxylation sites is 1. The van der Waals surface area contributed by atoms with E-state index in [0.717, 1.165) is 44.5 Å². The van der Waals surface area contributed by atoms with Gasteiger partial charge in [-0.3, -0.25) is 9.69 Å². The minimum atomic E-state index is -0.320. The molecule has 0 saturated carbocycles. The standard InChI is InChI=1S/C21H28N4O4/c1-15-22-18(29-23-15)13-24-11-9-21(14-24)8-5-10-25(20(21)26)12-16-6-4-7-17(27-2)19(16)28-3/h4,6-7H,5,8-14H2,1-3H3/t21-/m1/s1. The Morgan fingerprint density at radius 1 is 1.17 bits per heavy atom. The number of carbonyl (C=O) groups excluding carboxylic acids is 1. The molecule has 29 heavy (non-hydrogen) atoms. The van der Waals surface area contributed by atoms with E-state index in [1.165, 1.54) is 0 Å². The molecule has 2 aliphatic heterocycles. The zero-order valence-electron chi connectivity index (χ0n) is 17.3. The Morgan fingerprint density at radius 3 is 2.76 bits per heavy atom. The summed E-state index contributed by atoms with van der Waals surface area (Å²) in [5.74, 6) is 2.87. The second kappa shape index (κ2) is 8.02. The fraction of sp³-hybridized carbons (Fsp3) is 0.571. The maximum atomic E-state index is 13.5. The van der Waals surface area contributed by atoms with E-state index in [0.29, 0.717) is 36.3 Å². The maximum Gasteiger partial charge on any atom is 0.240 e. The van der Waals surface area contributed by atoms with Crippen LogP contribution in [0.25, 0.3) is 0 Å². The molecule has 0 bridgehead atoms. The van der Waals surface area contributed by atoms with Gasteiger partial charge < -0.3 is 18.9 Å². The molecule has 0 unspecified atom stereocenters. The highest BCUT2D eigenvalue weighted by molar-refractivity contribution is 5.84.